The Morgan fingerprint density at radius 3 is 2.21 bits per heavy atom. The Morgan fingerprint density at radius 2 is 1.52 bits per heavy atom. The van der Waals surface area contributed by atoms with E-state index in [1.807, 2.05) is 78.9 Å². The number of benzene rings is 3. The monoisotopic (exact) mass is 457 g/mol. The van der Waals surface area contributed by atoms with Crippen LogP contribution in [0.15, 0.2) is 78.9 Å². The maximum atomic E-state index is 12.6. The molecule has 7 heteroatoms. The van der Waals surface area contributed by atoms with Crippen LogP contribution < -0.4 is 5.32 Å². The molecule has 1 amide bonds. The number of carbonyl (C=O) groups excluding carboxylic acids is 2. The molecule has 0 unspecified atom stereocenters. The quantitative estimate of drug-likeness (QED) is 0.347. The largest absolute Gasteiger partial charge is 0.469 e. The Hall–Kier alpha value is -3.84. The Bertz CT molecular complexity index is 1220. The van der Waals surface area contributed by atoms with Crippen molar-refractivity contribution in [3.63, 3.8) is 0 Å². The first-order valence-electron chi connectivity index (χ1n) is 10.6. The molecule has 4 aromatic rings. The maximum Gasteiger partial charge on any atom is 0.305 e. The average molecular weight is 458 g/mol. The van der Waals surface area contributed by atoms with E-state index < -0.39 is 0 Å². The minimum atomic E-state index is -0.218. The molecule has 166 valence electrons. The Balaban J connectivity index is 1.35. The number of amides is 1. The van der Waals surface area contributed by atoms with Gasteiger partial charge in [-0.15, -0.1) is 10.2 Å². The van der Waals surface area contributed by atoms with Crippen molar-refractivity contribution in [2.45, 2.75) is 19.3 Å². The molecule has 0 saturated heterocycles. The molecule has 1 heterocycles. The Labute approximate surface area is 196 Å². The first-order valence-corrected chi connectivity index (χ1v) is 11.4. The van der Waals surface area contributed by atoms with Gasteiger partial charge in [-0.25, -0.2) is 0 Å². The molecule has 3 aromatic carbocycles. The van der Waals surface area contributed by atoms with Gasteiger partial charge in [-0.05, 0) is 53.9 Å². The van der Waals surface area contributed by atoms with Crippen molar-refractivity contribution in [1.29, 1.82) is 0 Å². The molecule has 0 atom stereocenters. The van der Waals surface area contributed by atoms with Crippen molar-refractivity contribution in [1.82, 2.24) is 10.2 Å². The van der Waals surface area contributed by atoms with Gasteiger partial charge in [0.2, 0.25) is 0 Å². The number of ether oxygens (including phenoxy) is 1. The van der Waals surface area contributed by atoms with E-state index in [0.717, 1.165) is 26.7 Å². The fraction of sp³-hybridized carbons (Fsp3) is 0.154. The summed E-state index contributed by atoms with van der Waals surface area (Å²) >= 11 is 1.50. The molecule has 0 aliphatic rings. The van der Waals surface area contributed by atoms with E-state index in [1.165, 1.54) is 18.4 Å². The summed E-state index contributed by atoms with van der Waals surface area (Å²) in [5, 5.41) is 13.1. The highest BCUT2D eigenvalue weighted by Crippen LogP contribution is 2.26. The first-order chi connectivity index (χ1) is 16.1. The molecule has 6 nitrogen and oxygen atoms in total. The minimum Gasteiger partial charge on any atom is -0.469 e. The zero-order valence-corrected chi connectivity index (χ0v) is 19.0. The third kappa shape index (κ3) is 5.90. The number of esters is 1. The van der Waals surface area contributed by atoms with Gasteiger partial charge in [-0.1, -0.05) is 53.8 Å². The van der Waals surface area contributed by atoms with Crippen LogP contribution in [0.1, 0.15) is 28.2 Å². The van der Waals surface area contributed by atoms with Crippen molar-refractivity contribution in [2.24, 2.45) is 0 Å². The normalized spacial score (nSPS) is 10.6. The van der Waals surface area contributed by atoms with E-state index >= 15 is 0 Å². The van der Waals surface area contributed by atoms with Crippen LogP contribution in [-0.4, -0.2) is 29.2 Å². The predicted molar refractivity (Wildman–Crippen MR) is 130 cm³/mol. The standard InChI is InChI=1S/C26H23N3O3S/c1-32-24(30)9-5-8-23-28-29-26(33-23)21-14-16-22(17-15-21)27-25(31)20-12-10-19(11-13-20)18-6-3-2-4-7-18/h2-4,6-7,10-17H,5,8-9H2,1H3,(H,27,31). The van der Waals surface area contributed by atoms with Crippen LogP contribution in [0.4, 0.5) is 5.69 Å². The van der Waals surface area contributed by atoms with Gasteiger partial charge in [0.15, 0.2) is 0 Å². The molecular formula is C26H23N3O3S. The van der Waals surface area contributed by atoms with E-state index in [9.17, 15) is 9.59 Å². The Kier molecular flexibility index (Phi) is 7.22. The third-order valence-electron chi connectivity index (χ3n) is 5.11. The summed E-state index contributed by atoms with van der Waals surface area (Å²) in [6, 6.07) is 25.1. The van der Waals surface area contributed by atoms with E-state index in [1.54, 1.807) is 0 Å². The predicted octanol–water partition coefficient (Wildman–Crippen LogP) is 5.62. The van der Waals surface area contributed by atoms with Crippen LogP contribution in [0.25, 0.3) is 21.7 Å². The summed E-state index contributed by atoms with van der Waals surface area (Å²) in [4.78, 5) is 23.8. The fourth-order valence-electron chi connectivity index (χ4n) is 3.30. The molecular weight excluding hydrogens is 434 g/mol. The Morgan fingerprint density at radius 1 is 0.848 bits per heavy atom. The van der Waals surface area contributed by atoms with Crippen LogP contribution in [-0.2, 0) is 16.0 Å². The van der Waals surface area contributed by atoms with E-state index in [0.29, 0.717) is 30.5 Å². The van der Waals surface area contributed by atoms with Crippen molar-refractivity contribution in [3.8, 4) is 21.7 Å². The number of nitrogens with one attached hydrogen (secondary N) is 1. The van der Waals surface area contributed by atoms with E-state index in [4.69, 9.17) is 0 Å². The van der Waals surface area contributed by atoms with Gasteiger partial charge in [0, 0.05) is 29.7 Å². The number of nitrogens with zero attached hydrogens (tertiary/aromatic N) is 2. The summed E-state index contributed by atoms with van der Waals surface area (Å²) < 4.78 is 4.65. The topological polar surface area (TPSA) is 81.2 Å². The highest BCUT2D eigenvalue weighted by Gasteiger charge is 2.10. The van der Waals surface area contributed by atoms with Crippen molar-refractivity contribution in [2.75, 3.05) is 12.4 Å². The number of hydrogen-bond donors (Lipinski definition) is 1. The number of rotatable bonds is 8. The molecule has 1 aromatic heterocycles. The molecule has 0 bridgehead atoms. The van der Waals surface area contributed by atoms with E-state index in [2.05, 4.69) is 20.3 Å². The molecule has 33 heavy (non-hydrogen) atoms. The summed E-state index contributed by atoms with van der Waals surface area (Å²) in [6.45, 7) is 0. The van der Waals surface area contributed by atoms with Gasteiger partial charge in [0.1, 0.15) is 10.0 Å². The number of hydrogen-bond acceptors (Lipinski definition) is 6. The van der Waals surface area contributed by atoms with Gasteiger partial charge in [0.25, 0.3) is 5.91 Å². The molecule has 1 N–H and O–H groups in total. The van der Waals surface area contributed by atoms with Gasteiger partial charge >= 0.3 is 5.97 Å². The maximum absolute atomic E-state index is 12.6. The van der Waals surface area contributed by atoms with Crippen molar-refractivity contribution in [3.05, 3.63) is 89.4 Å². The lowest BCUT2D eigenvalue weighted by Crippen LogP contribution is -2.11. The van der Waals surface area contributed by atoms with Crippen LogP contribution in [0.3, 0.4) is 0 Å². The second kappa shape index (κ2) is 10.7. The van der Waals surface area contributed by atoms with Crippen LogP contribution in [0.5, 0.6) is 0 Å². The van der Waals surface area contributed by atoms with Gasteiger partial charge in [-0.2, -0.15) is 0 Å². The summed E-state index contributed by atoms with van der Waals surface area (Å²) in [5.74, 6) is -0.379. The second-order valence-corrected chi connectivity index (χ2v) is 8.47. The highest BCUT2D eigenvalue weighted by molar-refractivity contribution is 7.14. The number of aromatic nitrogens is 2. The molecule has 0 aliphatic carbocycles. The summed E-state index contributed by atoms with van der Waals surface area (Å²) in [7, 11) is 1.39. The number of anilines is 1. The molecule has 0 aliphatic heterocycles. The fourth-order valence-corrected chi connectivity index (χ4v) is 4.19. The molecule has 0 spiro atoms. The lowest BCUT2D eigenvalue weighted by atomic mass is 10.0. The lowest BCUT2D eigenvalue weighted by molar-refractivity contribution is -0.140. The molecule has 0 saturated carbocycles. The van der Waals surface area contributed by atoms with Crippen LogP contribution >= 0.6 is 11.3 Å². The lowest BCUT2D eigenvalue weighted by Gasteiger charge is -2.07. The highest BCUT2D eigenvalue weighted by atomic mass is 32.1. The molecule has 0 radical (unpaired) electrons. The zero-order valence-electron chi connectivity index (χ0n) is 18.2. The van der Waals surface area contributed by atoms with E-state index in [-0.39, 0.29) is 11.9 Å². The summed E-state index contributed by atoms with van der Waals surface area (Å²) in [6.07, 6.45) is 1.73. The van der Waals surface area contributed by atoms with Gasteiger partial charge < -0.3 is 10.1 Å². The third-order valence-corrected chi connectivity index (χ3v) is 6.14. The first kappa shape index (κ1) is 22.4. The van der Waals surface area contributed by atoms with Crippen molar-refractivity contribution >= 4 is 28.9 Å². The van der Waals surface area contributed by atoms with Gasteiger partial charge in [-0.3, -0.25) is 9.59 Å². The molecule has 4 rings (SSSR count). The van der Waals surface area contributed by atoms with Crippen LogP contribution in [0.2, 0.25) is 0 Å². The zero-order chi connectivity index (χ0) is 23.0. The van der Waals surface area contributed by atoms with Gasteiger partial charge in [0.05, 0.1) is 7.11 Å². The smallest absolute Gasteiger partial charge is 0.305 e. The SMILES string of the molecule is COC(=O)CCCc1nnc(-c2ccc(NC(=O)c3ccc(-c4ccccc4)cc3)cc2)s1. The van der Waals surface area contributed by atoms with Crippen LogP contribution in [0, 0.1) is 0 Å². The average Bonchev–Trinajstić information content (AvgIpc) is 3.34. The summed E-state index contributed by atoms with van der Waals surface area (Å²) in [5.41, 5.74) is 4.41. The second-order valence-electron chi connectivity index (χ2n) is 7.41. The number of carbonyl (C=O) groups is 2. The number of methoxy groups -OCH3 is 1. The minimum absolute atomic E-state index is 0.161. The molecule has 0 fully saturated rings. The van der Waals surface area contributed by atoms with Crippen molar-refractivity contribution < 1.29 is 14.3 Å². The number of aryl methyl sites for hydroxylation is 1.